The van der Waals surface area contributed by atoms with Crippen molar-refractivity contribution in [2.45, 2.75) is 33.2 Å². The van der Waals surface area contributed by atoms with E-state index in [0.717, 1.165) is 15.8 Å². The van der Waals surface area contributed by atoms with Crippen molar-refractivity contribution in [2.24, 2.45) is 5.92 Å². The fourth-order valence-electron chi connectivity index (χ4n) is 1.98. The molecule has 0 aliphatic heterocycles. The van der Waals surface area contributed by atoms with Gasteiger partial charge in [-0.3, -0.25) is 0 Å². The van der Waals surface area contributed by atoms with Gasteiger partial charge in [0.2, 0.25) is 0 Å². The highest BCUT2D eigenvalue weighted by Crippen LogP contribution is 2.29. The van der Waals surface area contributed by atoms with Gasteiger partial charge in [0.15, 0.2) is 0 Å². The van der Waals surface area contributed by atoms with Crippen molar-refractivity contribution in [2.75, 3.05) is 5.32 Å². The van der Waals surface area contributed by atoms with Crippen LogP contribution in [0.15, 0.2) is 11.7 Å². The Morgan fingerprint density at radius 1 is 1.47 bits per heavy atom. The van der Waals surface area contributed by atoms with Crippen molar-refractivity contribution in [1.29, 1.82) is 0 Å². The molecule has 5 nitrogen and oxygen atoms in total. The van der Waals surface area contributed by atoms with Gasteiger partial charge in [0.1, 0.15) is 23.0 Å². The normalized spacial score (nSPS) is 12.8. The summed E-state index contributed by atoms with van der Waals surface area (Å²) in [5.74, 6) is 0.0552. The van der Waals surface area contributed by atoms with E-state index in [1.165, 1.54) is 17.7 Å². The second-order valence-electron chi connectivity index (χ2n) is 4.99. The van der Waals surface area contributed by atoms with Crippen molar-refractivity contribution in [3.8, 4) is 0 Å². The third-order valence-electron chi connectivity index (χ3n) is 2.87. The van der Waals surface area contributed by atoms with Gasteiger partial charge in [0.25, 0.3) is 0 Å². The van der Waals surface area contributed by atoms with Crippen LogP contribution in [-0.2, 0) is 4.79 Å². The molecule has 0 radical (unpaired) electrons. The summed E-state index contributed by atoms with van der Waals surface area (Å²) >= 11 is 1.54. The minimum absolute atomic E-state index is 0.300. The molecule has 2 N–H and O–H groups in total. The van der Waals surface area contributed by atoms with Crippen molar-refractivity contribution in [1.82, 2.24) is 9.97 Å². The quantitative estimate of drug-likeness (QED) is 0.880. The predicted molar refractivity (Wildman–Crippen MR) is 76.7 cm³/mol. The molecular formula is C13H17N3O2S. The number of nitrogens with one attached hydrogen (secondary N) is 1. The van der Waals surface area contributed by atoms with Crippen LogP contribution in [0.3, 0.4) is 0 Å². The molecular weight excluding hydrogens is 262 g/mol. The van der Waals surface area contributed by atoms with Gasteiger partial charge in [-0.15, -0.1) is 11.3 Å². The molecule has 0 saturated carbocycles. The maximum Gasteiger partial charge on any atom is 0.326 e. The lowest BCUT2D eigenvalue weighted by Crippen LogP contribution is -2.31. The van der Waals surface area contributed by atoms with Crippen molar-refractivity contribution in [3.63, 3.8) is 0 Å². The van der Waals surface area contributed by atoms with E-state index in [0.29, 0.717) is 18.2 Å². The van der Waals surface area contributed by atoms with Crippen molar-refractivity contribution < 1.29 is 9.90 Å². The minimum Gasteiger partial charge on any atom is -0.480 e. The van der Waals surface area contributed by atoms with Gasteiger partial charge in [0, 0.05) is 0 Å². The average Bonchev–Trinajstić information content (AvgIpc) is 2.71. The Labute approximate surface area is 115 Å². The van der Waals surface area contributed by atoms with Crippen LogP contribution >= 0.6 is 11.3 Å². The first kappa shape index (κ1) is 13.7. The Morgan fingerprint density at radius 2 is 2.21 bits per heavy atom. The number of hydrogen-bond donors (Lipinski definition) is 2. The molecule has 0 aromatic carbocycles. The number of aromatic nitrogens is 2. The third-order valence-corrected chi connectivity index (χ3v) is 3.87. The van der Waals surface area contributed by atoms with Crippen LogP contribution in [0.25, 0.3) is 10.2 Å². The summed E-state index contributed by atoms with van der Waals surface area (Å²) in [6.45, 7) is 5.98. The maximum absolute atomic E-state index is 11.3. The largest absolute Gasteiger partial charge is 0.480 e. The van der Waals surface area contributed by atoms with Crippen LogP contribution in [0.1, 0.15) is 25.8 Å². The van der Waals surface area contributed by atoms with E-state index < -0.39 is 12.0 Å². The Balaban J connectivity index is 2.33. The molecule has 2 rings (SSSR count). The lowest BCUT2D eigenvalue weighted by molar-refractivity contribution is -0.138. The number of carbonyl (C=O) groups is 1. The number of nitrogens with zero attached hydrogens (tertiary/aromatic N) is 2. The van der Waals surface area contributed by atoms with E-state index >= 15 is 0 Å². The summed E-state index contributed by atoms with van der Waals surface area (Å²) in [6.07, 6.45) is 2.03. The van der Waals surface area contributed by atoms with Gasteiger partial charge in [-0.05, 0) is 30.2 Å². The molecule has 0 aliphatic rings. The zero-order valence-corrected chi connectivity index (χ0v) is 12.0. The molecule has 2 aromatic rings. The number of hydrogen-bond acceptors (Lipinski definition) is 5. The Morgan fingerprint density at radius 3 is 2.84 bits per heavy atom. The van der Waals surface area contributed by atoms with E-state index in [1.54, 1.807) is 0 Å². The smallest absolute Gasteiger partial charge is 0.326 e. The molecule has 0 unspecified atom stereocenters. The van der Waals surface area contributed by atoms with Gasteiger partial charge in [-0.25, -0.2) is 14.8 Å². The minimum atomic E-state index is -0.853. The topological polar surface area (TPSA) is 75.1 Å². The van der Waals surface area contributed by atoms with E-state index in [-0.39, 0.29) is 0 Å². The molecule has 0 spiro atoms. The van der Waals surface area contributed by atoms with Crippen LogP contribution in [0, 0.1) is 12.8 Å². The van der Waals surface area contributed by atoms with Gasteiger partial charge < -0.3 is 10.4 Å². The molecule has 0 saturated heterocycles. The summed E-state index contributed by atoms with van der Waals surface area (Å²) in [4.78, 5) is 20.6. The molecule has 0 amide bonds. The number of fused-ring (bicyclic) bond motifs is 1. The summed E-state index contributed by atoms with van der Waals surface area (Å²) in [5, 5.41) is 15.2. The number of aliphatic carboxylic acids is 1. The van der Waals surface area contributed by atoms with Crippen LogP contribution in [0.4, 0.5) is 5.82 Å². The fraction of sp³-hybridized carbons (Fsp3) is 0.462. The molecule has 1 atom stereocenters. The molecule has 2 heterocycles. The van der Waals surface area contributed by atoms with Crippen LogP contribution in [-0.4, -0.2) is 27.1 Å². The molecule has 19 heavy (non-hydrogen) atoms. The maximum atomic E-state index is 11.3. The Bertz CT molecular complexity index is 595. The number of anilines is 1. The Kier molecular flexibility index (Phi) is 3.99. The first-order valence-electron chi connectivity index (χ1n) is 6.17. The van der Waals surface area contributed by atoms with Crippen LogP contribution in [0.5, 0.6) is 0 Å². The lowest BCUT2D eigenvalue weighted by atomic mass is 10.0. The SMILES string of the molecule is Cc1csc2ncnc(N[C@H](CC(C)C)C(=O)O)c12. The molecule has 0 fully saturated rings. The first-order valence-corrected chi connectivity index (χ1v) is 7.05. The standard InChI is InChI=1S/C13H17N3O2S/c1-7(2)4-9(13(17)18)16-11-10-8(3)5-19-12(10)15-6-14-11/h5-7,9H,4H2,1-3H3,(H,17,18)(H,14,15,16)/t9-/m1/s1. The highest BCUT2D eigenvalue weighted by Gasteiger charge is 2.20. The van der Waals surface area contributed by atoms with Gasteiger partial charge in [-0.1, -0.05) is 13.8 Å². The summed E-state index contributed by atoms with van der Waals surface area (Å²) in [5.41, 5.74) is 1.07. The molecule has 102 valence electrons. The van der Waals surface area contributed by atoms with E-state index in [9.17, 15) is 9.90 Å². The molecule has 6 heteroatoms. The lowest BCUT2D eigenvalue weighted by Gasteiger charge is -2.17. The number of aryl methyl sites for hydroxylation is 1. The van der Waals surface area contributed by atoms with Crippen LogP contribution < -0.4 is 5.32 Å². The second kappa shape index (κ2) is 5.52. The van der Waals surface area contributed by atoms with Gasteiger partial charge in [0.05, 0.1) is 5.39 Å². The van der Waals surface area contributed by atoms with Crippen molar-refractivity contribution >= 4 is 33.3 Å². The highest BCUT2D eigenvalue weighted by atomic mass is 32.1. The van der Waals surface area contributed by atoms with E-state index in [2.05, 4.69) is 15.3 Å². The van der Waals surface area contributed by atoms with Crippen LogP contribution in [0.2, 0.25) is 0 Å². The fourth-order valence-corrected chi connectivity index (χ4v) is 2.87. The van der Waals surface area contributed by atoms with Gasteiger partial charge >= 0.3 is 5.97 Å². The number of rotatable bonds is 5. The number of thiophene rings is 1. The van der Waals surface area contributed by atoms with E-state index in [4.69, 9.17) is 0 Å². The molecule has 0 aliphatic carbocycles. The monoisotopic (exact) mass is 279 g/mol. The zero-order chi connectivity index (χ0) is 14.0. The summed E-state index contributed by atoms with van der Waals surface area (Å²) in [7, 11) is 0. The second-order valence-corrected chi connectivity index (χ2v) is 5.84. The first-order chi connectivity index (χ1) is 8.99. The predicted octanol–water partition coefficient (Wildman–Crippen LogP) is 2.91. The Hall–Kier alpha value is -1.69. The average molecular weight is 279 g/mol. The number of carboxylic acid groups (broad SMARTS) is 1. The summed E-state index contributed by atoms with van der Waals surface area (Å²) < 4.78 is 0. The van der Waals surface area contributed by atoms with Crippen molar-refractivity contribution in [3.05, 3.63) is 17.3 Å². The number of carboxylic acids is 1. The third kappa shape index (κ3) is 3.01. The highest BCUT2D eigenvalue weighted by molar-refractivity contribution is 7.17. The van der Waals surface area contributed by atoms with E-state index in [1.807, 2.05) is 26.2 Å². The zero-order valence-electron chi connectivity index (χ0n) is 11.2. The molecule has 2 aromatic heterocycles. The summed E-state index contributed by atoms with van der Waals surface area (Å²) in [6, 6.07) is -0.627. The molecule has 0 bridgehead atoms. The van der Waals surface area contributed by atoms with Gasteiger partial charge in [-0.2, -0.15) is 0 Å².